The van der Waals surface area contributed by atoms with E-state index in [0.29, 0.717) is 18.8 Å². The molecular formula is C12H12ClN3O3. The molecule has 2 heterocycles. The number of hydrogen-bond acceptors (Lipinski definition) is 5. The fourth-order valence-electron chi connectivity index (χ4n) is 2.16. The molecule has 2 unspecified atom stereocenters. The second-order valence-electron chi connectivity index (χ2n) is 4.21. The van der Waals surface area contributed by atoms with E-state index in [1.165, 1.54) is 19.4 Å². The van der Waals surface area contributed by atoms with Gasteiger partial charge < -0.3 is 14.7 Å². The number of anilines is 1. The van der Waals surface area contributed by atoms with Gasteiger partial charge in [0, 0.05) is 26.3 Å². The lowest BCUT2D eigenvalue weighted by atomic mass is 10.2. The summed E-state index contributed by atoms with van der Waals surface area (Å²) >= 11 is 6.09. The number of carbonyl (C=O) groups is 1. The van der Waals surface area contributed by atoms with Gasteiger partial charge >= 0.3 is 5.97 Å². The van der Waals surface area contributed by atoms with Crippen LogP contribution in [0.25, 0.3) is 0 Å². The molecule has 0 radical (unpaired) electrons. The second-order valence-corrected chi connectivity index (χ2v) is 4.59. The lowest BCUT2D eigenvalue weighted by molar-refractivity contribution is -0.138. The van der Waals surface area contributed by atoms with E-state index >= 15 is 0 Å². The first kappa shape index (κ1) is 13.6. The Bertz CT molecular complexity index is 544. The number of hydrogen-bond donors (Lipinski definition) is 1. The summed E-state index contributed by atoms with van der Waals surface area (Å²) in [6.07, 6.45) is 1.61. The lowest BCUT2D eigenvalue weighted by Crippen LogP contribution is -2.36. The maximum absolute atomic E-state index is 11.3. The Labute approximate surface area is 115 Å². The van der Waals surface area contributed by atoms with Crippen molar-refractivity contribution < 1.29 is 14.6 Å². The number of nitrogens with zero attached hydrogens (tertiary/aromatic N) is 3. The van der Waals surface area contributed by atoms with E-state index in [-0.39, 0.29) is 16.7 Å². The molecule has 1 fully saturated rings. The SMILES string of the molecule is COC1CC(C(=O)O)N(c2nccc(C#N)c2Cl)C1. The fraction of sp³-hybridized carbons (Fsp3) is 0.417. The van der Waals surface area contributed by atoms with Gasteiger partial charge in [-0.2, -0.15) is 5.26 Å². The Kier molecular flexibility index (Phi) is 3.88. The Hall–Kier alpha value is -1.84. The van der Waals surface area contributed by atoms with Crippen molar-refractivity contribution in [2.24, 2.45) is 0 Å². The minimum atomic E-state index is -0.959. The van der Waals surface area contributed by atoms with Crippen LogP contribution in [0.2, 0.25) is 5.02 Å². The van der Waals surface area contributed by atoms with E-state index in [4.69, 9.17) is 21.6 Å². The highest BCUT2D eigenvalue weighted by atomic mass is 35.5. The number of carboxylic acid groups (broad SMARTS) is 1. The molecule has 1 aliphatic rings. The molecule has 1 aromatic rings. The highest BCUT2D eigenvalue weighted by Crippen LogP contribution is 2.32. The van der Waals surface area contributed by atoms with Gasteiger partial charge in [-0.3, -0.25) is 0 Å². The van der Waals surface area contributed by atoms with Gasteiger partial charge in [-0.15, -0.1) is 0 Å². The number of aliphatic carboxylic acids is 1. The zero-order chi connectivity index (χ0) is 14.0. The first-order chi connectivity index (χ1) is 9.08. The van der Waals surface area contributed by atoms with Crippen LogP contribution in [0, 0.1) is 11.3 Å². The Balaban J connectivity index is 2.40. The molecule has 2 atom stereocenters. The summed E-state index contributed by atoms with van der Waals surface area (Å²) in [4.78, 5) is 16.9. The number of ether oxygens (including phenoxy) is 1. The van der Waals surface area contributed by atoms with E-state index in [9.17, 15) is 9.90 Å². The summed E-state index contributed by atoms with van der Waals surface area (Å²) in [7, 11) is 1.54. The van der Waals surface area contributed by atoms with Gasteiger partial charge in [-0.05, 0) is 6.07 Å². The third-order valence-electron chi connectivity index (χ3n) is 3.14. The van der Waals surface area contributed by atoms with E-state index in [0.717, 1.165) is 0 Å². The van der Waals surface area contributed by atoms with Crippen molar-refractivity contribution in [2.45, 2.75) is 18.6 Å². The van der Waals surface area contributed by atoms with Crippen LogP contribution in [-0.4, -0.2) is 41.9 Å². The molecule has 0 saturated carbocycles. The average molecular weight is 282 g/mol. The molecule has 1 N–H and O–H groups in total. The zero-order valence-corrected chi connectivity index (χ0v) is 11.0. The fourth-order valence-corrected chi connectivity index (χ4v) is 2.42. The number of pyridine rings is 1. The topological polar surface area (TPSA) is 86.5 Å². The number of carboxylic acids is 1. The monoisotopic (exact) mass is 281 g/mol. The van der Waals surface area contributed by atoms with Crippen LogP contribution >= 0.6 is 11.6 Å². The van der Waals surface area contributed by atoms with Gasteiger partial charge in [0.15, 0.2) is 0 Å². The molecule has 7 heteroatoms. The van der Waals surface area contributed by atoms with Gasteiger partial charge in [0.1, 0.15) is 23.0 Å². The van der Waals surface area contributed by atoms with Crippen molar-refractivity contribution in [3.63, 3.8) is 0 Å². The molecule has 1 aliphatic heterocycles. The summed E-state index contributed by atoms with van der Waals surface area (Å²) in [6.45, 7) is 0.384. The highest BCUT2D eigenvalue weighted by Gasteiger charge is 2.38. The minimum Gasteiger partial charge on any atom is -0.480 e. The molecular weight excluding hydrogens is 270 g/mol. The highest BCUT2D eigenvalue weighted by molar-refractivity contribution is 6.34. The molecule has 0 aromatic carbocycles. The third kappa shape index (κ3) is 2.48. The number of rotatable bonds is 3. The molecule has 19 heavy (non-hydrogen) atoms. The molecule has 1 aromatic heterocycles. The first-order valence-corrected chi connectivity index (χ1v) is 6.03. The van der Waals surface area contributed by atoms with Crippen molar-refractivity contribution in [3.05, 3.63) is 22.8 Å². The summed E-state index contributed by atoms with van der Waals surface area (Å²) in [6, 6.07) is 2.70. The van der Waals surface area contributed by atoms with Crippen LogP contribution in [0.5, 0.6) is 0 Å². The Morgan fingerprint density at radius 1 is 1.74 bits per heavy atom. The Morgan fingerprint density at radius 3 is 3.05 bits per heavy atom. The Morgan fingerprint density at radius 2 is 2.47 bits per heavy atom. The molecule has 2 rings (SSSR count). The summed E-state index contributed by atoms with van der Waals surface area (Å²) in [5.41, 5.74) is 0.275. The molecule has 1 saturated heterocycles. The standard InChI is InChI=1S/C12H12ClN3O3/c1-19-8-4-9(12(17)18)16(6-8)11-10(13)7(5-14)2-3-15-11/h2-3,8-9H,4,6H2,1H3,(H,17,18). The van der Waals surface area contributed by atoms with Crippen LogP contribution in [0.15, 0.2) is 12.3 Å². The van der Waals surface area contributed by atoms with Crippen molar-refractivity contribution in [1.29, 1.82) is 5.26 Å². The van der Waals surface area contributed by atoms with Crippen molar-refractivity contribution in [1.82, 2.24) is 4.98 Å². The van der Waals surface area contributed by atoms with Gasteiger partial charge in [-0.25, -0.2) is 9.78 Å². The summed E-state index contributed by atoms with van der Waals surface area (Å²) < 4.78 is 5.20. The van der Waals surface area contributed by atoms with Crippen molar-refractivity contribution in [3.8, 4) is 6.07 Å². The summed E-state index contributed by atoms with van der Waals surface area (Å²) in [5, 5.41) is 18.4. The average Bonchev–Trinajstić information content (AvgIpc) is 2.83. The lowest BCUT2D eigenvalue weighted by Gasteiger charge is -2.23. The number of halogens is 1. The quantitative estimate of drug-likeness (QED) is 0.898. The van der Waals surface area contributed by atoms with Crippen LogP contribution in [-0.2, 0) is 9.53 Å². The van der Waals surface area contributed by atoms with Crippen LogP contribution in [0.4, 0.5) is 5.82 Å². The van der Waals surface area contributed by atoms with Crippen LogP contribution in [0.1, 0.15) is 12.0 Å². The predicted molar refractivity (Wildman–Crippen MR) is 68.1 cm³/mol. The summed E-state index contributed by atoms with van der Waals surface area (Å²) in [5.74, 6) is -0.646. The van der Waals surface area contributed by atoms with Gasteiger partial charge in [-0.1, -0.05) is 11.6 Å². The van der Waals surface area contributed by atoms with E-state index < -0.39 is 12.0 Å². The molecule has 100 valence electrons. The molecule has 6 nitrogen and oxygen atoms in total. The van der Waals surface area contributed by atoms with Crippen LogP contribution in [0.3, 0.4) is 0 Å². The number of nitriles is 1. The first-order valence-electron chi connectivity index (χ1n) is 5.65. The minimum absolute atomic E-state index is 0.174. The predicted octanol–water partition coefficient (Wildman–Crippen LogP) is 1.28. The molecule has 0 bridgehead atoms. The van der Waals surface area contributed by atoms with Gasteiger partial charge in [0.25, 0.3) is 0 Å². The number of aromatic nitrogens is 1. The molecule has 0 spiro atoms. The molecule has 0 amide bonds. The van der Waals surface area contributed by atoms with Gasteiger partial charge in [0.2, 0.25) is 0 Å². The molecule has 0 aliphatic carbocycles. The third-order valence-corrected chi connectivity index (χ3v) is 3.52. The van der Waals surface area contributed by atoms with E-state index in [2.05, 4.69) is 4.98 Å². The second kappa shape index (κ2) is 5.43. The number of methoxy groups -OCH3 is 1. The largest absolute Gasteiger partial charge is 0.480 e. The van der Waals surface area contributed by atoms with Crippen LogP contribution < -0.4 is 4.90 Å². The van der Waals surface area contributed by atoms with Crippen molar-refractivity contribution in [2.75, 3.05) is 18.6 Å². The van der Waals surface area contributed by atoms with Crippen molar-refractivity contribution >= 4 is 23.4 Å². The zero-order valence-electron chi connectivity index (χ0n) is 10.2. The maximum Gasteiger partial charge on any atom is 0.326 e. The van der Waals surface area contributed by atoms with Gasteiger partial charge in [0.05, 0.1) is 11.7 Å². The van der Waals surface area contributed by atoms with E-state index in [1.807, 2.05) is 6.07 Å². The maximum atomic E-state index is 11.3. The normalized spacial score (nSPS) is 22.3. The van der Waals surface area contributed by atoms with E-state index in [1.54, 1.807) is 4.90 Å². The smallest absolute Gasteiger partial charge is 0.326 e.